The number of hydrogen-bond acceptors (Lipinski definition) is 3. The van der Waals surface area contributed by atoms with Crippen molar-refractivity contribution < 1.29 is 4.74 Å². The van der Waals surface area contributed by atoms with E-state index in [0.717, 1.165) is 64.4 Å². The average molecular weight is 486 g/mol. The number of nitrogens with zero attached hydrogens (tertiary/aromatic N) is 2. The number of nitrogens with one attached hydrogen (secondary N) is 2. The van der Waals surface area contributed by atoms with Crippen LogP contribution in [0.5, 0.6) is 0 Å². The zero-order chi connectivity index (χ0) is 18.0. The molecule has 152 valence electrons. The van der Waals surface area contributed by atoms with Crippen molar-refractivity contribution in [3.8, 4) is 0 Å². The first-order valence-electron chi connectivity index (χ1n) is 10.2. The molecule has 0 radical (unpaired) electrons. The first kappa shape index (κ1) is 22.4. The number of halogens is 1. The monoisotopic (exact) mass is 486 g/mol. The van der Waals surface area contributed by atoms with Gasteiger partial charge >= 0.3 is 0 Å². The van der Waals surface area contributed by atoms with Gasteiger partial charge in [0.25, 0.3) is 0 Å². The van der Waals surface area contributed by atoms with Gasteiger partial charge in [-0.1, -0.05) is 37.1 Å². The lowest BCUT2D eigenvalue weighted by atomic mass is 10.1. The van der Waals surface area contributed by atoms with Gasteiger partial charge in [0.05, 0.1) is 19.8 Å². The van der Waals surface area contributed by atoms with Gasteiger partial charge in [0.2, 0.25) is 0 Å². The van der Waals surface area contributed by atoms with Crippen LogP contribution in [0, 0.1) is 5.92 Å². The molecule has 0 amide bonds. The van der Waals surface area contributed by atoms with Gasteiger partial charge in [-0.15, -0.1) is 24.0 Å². The Bertz CT molecular complexity index is 571. The largest absolute Gasteiger partial charge is 0.379 e. The number of hydrogen-bond donors (Lipinski definition) is 2. The number of benzene rings is 1. The topological polar surface area (TPSA) is 48.9 Å². The van der Waals surface area contributed by atoms with Crippen molar-refractivity contribution in [2.75, 3.05) is 39.4 Å². The third-order valence-electron chi connectivity index (χ3n) is 5.15. The van der Waals surface area contributed by atoms with Gasteiger partial charge in [0.1, 0.15) is 0 Å². The van der Waals surface area contributed by atoms with E-state index in [0.29, 0.717) is 0 Å². The smallest absolute Gasteiger partial charge is 0.191 e. The van der Waals surface area contributed by atoms with Crippen molar-refractivity contribution >= 4 is 29.9 Å². The molecule has 1 saturated heterocycles. The molecule has 2 aliphatic rings. The summed E-state index contributed by atoms with van der Waals surface area (Å²) < 4.78 is 5.46. The molecule has 2 fully saturated rings. The van der Waals surface area contributed by atoms with Crippen molar-refractivity contribution in [1.29, 1.82) is 0 Å². The lowest BCUT2D eigenvalue weighted by molar-refractivity contribution is 0.0341. The van der Waals surface area contributed by atoms with E-state index >= 15 is 0 Å². The van der Waals surface area contributed by atoms with E-state index < -0.39 is 0 Å². The highest BCUT2D eigenvalue weighted by molar-refractivity contribution is 14.0. The highest BCUT2D eigenvalue weighted by Gasteiger charge is 2.20. The molecule has 1 aromatic rings. The van der Waals surface area contributed by atoms with Gasteiger partial charge in [-0.25, -0.2) is 4.99 Å². The van der Waals surface area contributed by atoms with Crippen LogP contribution in [0.4, 0.5) is 0 Å². The first-order valence-corrected chi connectivity index (χ1v) is 10.2. The molecule has 3 rings (SSSR count). The van der Waals surface area contributed by atoms with Gasteiger partial charge in [-0.05, 0) is 36.8 Å². The Morgan fingerprint density at radius 3 is 2.59 bits per heavy atom. The van der Waals surface area contributed by atoms with Crippen molar-refractivity contribution in [2.45, 2.75) is 45.7 Å². The number of ether oxygens (including phenoxy) is 1. The summed E-state index contributed by atoms with van der Waals surface area (Å²) in [5.74, 6) is 1.94. The predicted octanol–water partition coefficient (Wildman–Crippen LogP) is 3.38. The standard InChI is InChI=1S/C21H34N4O.HI/c1-2-22-21(23-11-5-6-18-9-10-18)24-16-19-7-3-4-8-20(19)17-25-12-14-26-15-13-25;/h3-4,7-8,18H,2,5-6,9-17H2,1H3,(H2,22,23,24);1H. The summed E-state index contributed by atoms with van der Waals surface area (Å²) in [5, 5.41) is 6.86. The molecule has 6 heteroatoms. The SMILES string of the molecule is CCNC(=NCc1ccccc1CN1CCOCC1)NCCCC1CC1.I. The van der Waals surface area contributed by atoms with Crippen LogP contribution in [-0.2, 0) is 17.8 Å². The van der Waals surface area contributed by atoms with Crippen LogP contribution in [-0.4, -0.2) is 50.3 Å². The number of morpholine rings is 1. The molecule has 1 saturated carbocycles. The average Bonchev–Trinajstić information content (AvgIpc) is 3.49. The fourth-order valence-corrected chi connectivity index (χ4v) is 3.38. The molecule has 1 heterocycles. The van der Waals surface area contributed by atoms with Crippen molar-refractivity contribution in [3.63, 3.8) is 0 Å². The maximum atomic E-state index is 5.46. The molecule has 0 unspecified atom stereocenters. The molecule has 1 aliphatic carbocycles. The van der Waals surface area contributed by atoms with E-state index in [1.54, 1.807) is 0 Å². The third-order valence-corrected chi connectivity index (χ3v) is 5.15. The number of rotatable bonds is 9. The summed E-state index contributed by atoms with van der Waals surface area (Å²) in [6.45, 7) is 9.45. The predicted molar refractivity (Wildman–Crippen MR) is 123 cm³/mol. The molecule has 0 bridgehead atoms. The minimum Gasteiger partial charge on any atom is -0.379 e. The van der Waals surface area contributed by atoms with Crippen LogP contribution < -0.4 is 10.6 Å². The normalized spacial score (nSPS) is 18.0. The minimum absolute atomic E-state index is 0. The zero-order valence-corrected chi connectivity index (χ0v) is 18.9. The maximum absolute atomic E-state index is 5.46. The van der Waals surface area contributed by atoms with Crippen LogP contribution >= 0.6 is 24.0 Å². The number of guanidine groups is 1. The van der Waals surface area contributed by atoms with Crippen molar-refractivity contribution in [1.82, 2.24) is 15.5 Å². The van der Waals surface area contributed by atoms with E-state index in [9.17, 15) is 0 Å². The van der Waals surface area contributed by atoms with Crippen LogP contribution in [0.25, 0.3) is 0 Å². The quantitative estimate of drug-likeness (QED) is 0.243. The Morgan fingerprint density at radius 2 is 1.89 bits per heavy atom. The lowest BCUT2D eigenvalue weighted by Gasteiger charge is -2.27. The van der Waals surface area contributed by atoms with E-state index in [1.165, 1.54) is 36.8 Å². The van der Waals surface area contributed by atoms with Crippen LogP contribution in [0.1, 0.15) is 43.7 Å². The summed E-state index contributed by atoms with van der Waals surface area (Å²) in [6.07, 6.45) is 5.47. The van der Waals surface area contributed by atoms with Crippen molar-refractivity contribution in [3.05, 3.63) is 35.4 Å². The van der Waals surface area contributed by atoms with Gasteiger partial charge in [-0.2, -0.15) is 0 Å². The van der Waals surface area contributed by atoms with Crippen LogP contribution in [0.15, 0.2) is 29.3 Å². The second-order valence-electron chi connectivity index (χ2n) is 7.36. The Labute approximate surface area is 181 Å². The minimum atomic E-state index is 0. The summed E-state index contributed by atoms with van der Waals surface area (Å²) in [7, 11) is 0. The molecular formula is C21H35IN4O. The molecule has 1 aliphatic heterocycles. The summed E-state index contributed by atoms with van der Waals surface area (Å²) >= 11 is 0. The van der Waals surface area contributed by atoms with E-state index in [2.05, 4.69) is 46.7 Å². The Morgan fingerprint density at radius 1 is 1.15 bits per heavy atom. The van der Waals surface area contributed by atoms with Gasteiger partial charge < -0.3 is 15.4 Å². The fourth-order valence-electron chi connectivity index (χ4n) is 3.38. The Kier molecular flexibility index (Phi) is 10.4. The van der Waals surface area contributed by atoms with E-state index in [1.807, 2.05) is 0 Å². The molecule has 1 aromatic carbocycles. The second-order valence-corrected chi connectivity index (χ2v) is 7.36. The van der Waals surface area contributed by atoms with E-state index in [4.69, 9.17) is 9.73 Å². The Balaban J connectivity index is 0.00000261. The highest BCUT2D eigenvalue weighted by Crippen LogP contribution is 2.33. The van der Waals surface area contributed by atoms with Crippen LogP contribution in [0.3, 0.4) is 0 Å². The molecule has 0 spiro atoms. The van der Waals surface area contributed by atoms with E-state index in [-0.39, 0.29) is 24.0 Å². The maximum Gasteiger partial charge on any atom is 0.191 e. The summed E-state index contributed by atoms with van der Waals surface area (Å²) in [5.41, 5.74) is 2.69. The molecule has 0 aromatic heterocycles. The fraction of sp³-hybridized carbons (Fsp3) is 0.667. The summed E-state index contributed by atoms with van der Waals surface area (Å²) in [4.78, 5) is 7.29. The molecule has 0 atom stereocenters. The van der Waals surface area contributed by atoms with Gasteiger partial charge in [-0.3, -0.25) is 4.90 Å². The highest BCUT2D eigenvalue weighted by atomic mass is 127. The van der Waals surface area contributed by atoms with Gasteiger partial charge in [0, 0.05) is 32.7 Å². The third kappa shape index (κ3) is 8.35. The zero-order valence-electron chi connectivity index (χ0n) is 16.6. The van der Waals surface area contributed by atoms with Crippen LogP contribution in [0.2, 0.25) is 0 Å². The van der Waals surface area contributed by atoms with Gasteiger partial charge in [0.15, 0.2) is 5.96 Å². The second kappa shape index (κ2) is 12.6. The first-order chi connectivity index (χ1) is 12.8. The molecular weight excluding hydrogens is 451 g/mol. The molecule has 5 nitrogen and oxygen atoms in total. The molecule has 2 N–H and O–H groups in total. The summed E-state index contributed by atoms with van der Waals surface area (Å²) in [6, 6.07) is 8.68. The molecule has 27 heavy (non-hydrogen) atoms. The lowest BCUT2D eigenvalue weighted by Crippen LogP contribution is -2.38. The Hall–Kier alpha value is -0.860. The number of aliphatic imine (C=N–C) groups is 1. The van der Waals surface area contributed by atoms with Crippen molar-refractivity contribution in [2.24, 2.45) is 10.9 Å².